The van der Waals surface area contributed by atoms with Gasteiger partial charge in [-0.15, -0.1) is 0 Å². The van der Waals surface area contributed by atoms with E-state index in [0.717, 1.165) is 5.56 Å². The summed E-state index contributed by atoms with van der Waals surface area (Å²) in [6.07, 6.45) is 0. The number of hydrogen-bond donors (Lipinski definition) is 0. The highest BCUT2D eigenvalue weighted by molar-refractivity contribution is 5.78. The summed E-state index contributed by atoms with van der Waals surface area (Å²) in [5.41, 5.74) is -0.412. The lowest BCUT2D eigenvalue weighted by atomic mass is 9.93. The lowest BCUT2D eigenvalue weighted by Gasteiger charge is -2.19. The van der Waals surface area contributed by atoms with Crippen LogP contribution in [0.3, 0.4) is 0 Å². The first-order valence-electron chi connectivity index (χ1n) is 5.00. The van der Waals surface area contributed by atoms with Crippen molar-refractivity contribution in [2.45, 2.75) is 20.5 Å². The first-order chi connectivity index (χ1) is 7.44. The Labute approximate surface area is 94.7 Å². The van der Waals surface area contributed by atoms with E-state index in [1.54, 1.807) is 0 Å². The third-order valence-electron chi connectivity index (χ3n) is 2.40. The van der Waals surface area contributed by atoms with Crippen LogP contribution in [0, 0.1) is 5.41 Å². The van der Waals surface area contributed by atoms with Crippen LogP contribution in [0.15, 0.2) is 42.7 Å². The van der Waals surface area contributed by atoms with Crippen LogP contribution in [-0.2, 0) is 16.1 Å². The van der Waals surface area contributed by atoms with E-state index in [1.807, 2.05) is 30.3 Å². The molecule has 0 amide bonds. The fraction of sp³-hybridized carbons (Fsp3) is 0.308. The highest BCUT2D eigenvalue weighted by Gasteiger charge is 2.33. The van der Waals surface area contributed by atoms with Gasteiger partial charge in [0, 0.05) is 0 Å². The van der Waals surface area contributed by atoms with Gasteiger partial charge in [-0.2, -0.15) is 0 Å². The lowest BCUT2D eigenvalue weighted by molar-refractivity contribution is -0.154. The van der Waals surface area contributed by atoms with Crippen molar-refractivity contribution in [3.8, 4) is 0 Å². The molecular weight excluding hydrogens is 207 g/mol. The summed E-state index contributed by atoms with van der Waals surface area (Å²) in [6, 6.07) is 9.25. The Morgan fingerprint density at radius 2 is 1.94 bits per heavy atom. The minimum Gasteiger partial charge on any atom is -0.460 e. The number of hydrogen-bond acceptors (Lipinski definition) is 2. The van der Waals surface area contributed by atoms with Crippen molar-refractivity contribution in [1.82, 2.24) is 0 Å². The predicted molar refractivity (Wildman–Crippen MR) is 60.3 cm³/mol. The zero-order valence-corrected chi connectivity index (χ0v) is 9.50. The van der Waals surface area contributed by atoms with Crippen molar-refractivity contribution in [1.29, 1.82) is 0 Å². The summed E-state index contributed by atoms with van der Waals surface area (Å²) in [7, 11) is 0. The van der Waals surface area contributed by atoms with Gasteiger partial charge in [0.2, 0.25) is 0 Å². The first-order valence-corrected chi connectivity index (χ1v) is 5.00. The van der Waals surface area contributed by atoms with Crippen LogP contribution >= 0.6 is 0 Å². The second kappa shape index (κ2) is 4.92. The molecule has 0 aliphatic carbocycles. The van der Waals surface area contributed by atoms with Crippen molar-refractivity contribution in [2.24, 2.45) is 5.41 Å². The third kappa shape index (κ3) is 2.92. The van der Waals surface area contributed by atoms with E-state index in [4.69, 9.17) is 4.74 Å². The van der Waals surface area contributed by atoms with Crippen LogP contribution in [0.25, 0.3) is 0 Å². The number of esters is 1. The Morgan fingerprint density at radius 3 is 2.44 bits per heavy atom. The standard InChI is InChI=1S/C13H15FO2/c1-10(14)13(2,3)12(15)16-9-11-7-5-4-6-8-11/h4-8H,1,9H2,2-3H3. The average molecular weight is 222 g/mol. The molecule has 0 heterocycles. The zero-order valence-electron chi connectivity index (χ0n) is 9.50. The molecule has 0 spiro atoms. The molecule has 0 aliphatic rings. The minimum atomic E-state index is -1.28. The van der Waals surface area contributed by atoms with Crippen LogP contribution in [-0.4, -0.2) is 5.97 Å². The van der Waals surface area contributed by atoms with E-state index < -0.39 is 17.2 Å². The Bertz CT molecular complexity index is 382. The smallest absolute Gasteiger partial charge is 0.318 e. The Kier molecular flexibility index (Phi) is 3.82. The predicted octanol–water partition coefficient (Wildman–Crippen LogP) is 3.24. The molecule has 3 heteroatoms. The van der Waals surface area contributed by atoms with Crippen LogP contribution in [0.2, 0.25) is 0 Å². The molecule has 0 N–H and O–H groups in total. The molecular formula is C13H15FO2. The third-order valence-corrected chi connectivity index (χ3v) is 2.40. The molecule has 0 unspecified atom stereocenters. The second-order valence-electron chi connectivity index (χ2n) is 4.09. The molecule has 16 heavy (non-hydrogen) atoms. The number of rotatable bonds is 4. The van der Waals surface area contributed by atoms with Crippen molar-refractivity contribution in [3.05, 3.63) is 48.3 Å². The van der Waals surface area contributed by atoms with Gasteiger partial charge in [-0.25, -0.2) is 4.39 Å². The molecule has 86 valence electrons. The van der Waals surface area contributed by atoms with Crippen molar-refractivity contribution in [3.63, 3.8) is 0 Å². The Morgan fingerprint density at radius 1 is 1.38 bits per heavy atom. The maximum atomic E-state index is 13.0. The number of carbonyl (C=O) groups excluding carboxylic acids is 1. The van der Waals surface area contributed by atoms with E-state index in [2.05, 4.69) is 6.58 Å². The van der Waals surface area contributed by atoms with Gasteiger partial charge in [-0.3, -0.25) is 4.79 Å². The normalized spacial score (nSPS) is 10.9. The Hall–Kier alpha value is -1.64. The summed E-state index contributed by atoms with van der Waals surface area (Å²) in [4.78, 5) is 11.6. The highest BCUT2D eigenvalue weighted by Crippen LogP contribution is 2.27. The summed E-state index contributed by atoms with van der Waals surface area (Å²) < 4.78 is 18.0. The molecule has 0 bridgehead atoms. The second-order valence-corrected chi connectivity index (χ2v) is 4.09. The van der Waals surface area contributed by atoms with Crippen LogP contribution in [0.5, 0.6) is 0 Å². The van der Waals surface area contributed by atoms with Crippen LogP contribution < -0.4 is 0 Å². The van der Waals surface area contributed by atoms with Gasteiger partial charge in [-0.1, -0.05) is 36.9 Å². The highest BCUT2D eigenvalue weighted by atomic mass is 19.1. The molecule has 1 rings (SSSR count). The minimum absolute atomic E-state index is 0.149. The SMILES string of the molecule is C=C(F)C(C)(C)C(=O)OCc1ccccc1. The summed E-state index contributed by atoms with van der Waals surface area (Å²) in [6.45, 7) is 6.18. The number of benzene rings is 1. The largest absolute Gasteiger partial charge is 0.460 e. The fourth-order valence-corrected chi connectivity index (χ4v) is 1.01. The van der Waals surface area contributed by atoms with Gasteiger partial charge in [0.05, 0.1) is 0 Å². The summed E-state index contributed by atoms with van der Waals surface area (Å²) >= 11 is 0. The topological polar surface area (TPSA) is 26.3 Å². The van der Waals surface area contributed by atoms with E-state index >= 15 is 0 Å². The molecule has 0 aromatic heterocycles. The molecule has 1 aromatic carbocycles. The van der Waals surface area contributed by atoms with E-state index in [9.17, 15) is 9.18 Å². The van der Waals surface area contributed by atoms with Gasteiger partial charge in [-0.05, 0) is 19.4 Å². The number of carbonyl (C=O) groups is 1. The molecule has 0 aliphatic heterocycles. The summed E-state index contributed by atoms with van der Waals surface area (Å²) in [5.74, 6) is -1.30. The molecule has 1 aromatic rings. The Balaban J connectivity index is 2.57. The van der Waals surface area contributed by atoms with Gasteiger partial charge in [0.25, 0.3) is 0 Å². The van der Waals surface area contributed by atoms with Gasteiger partial charge in [0.15, 0.2) is 0 Å². The monoisotopic (exact) mass is 222 g/mol. The number of ether oxygens (including phenoxy) is 1. The zero-order chi connectivity index (χ0) is 12.2. The molecule has 0 fully saturated rings. The maximum Gasteiger partial charge on any atom is 0.318 e. The van der Waals surface area contributed by atoms with E-state index in [0.29, 0.717) is 0 Å². The van der Waals surface area contributed by atoms with Crippen LogP contribution in [0.4, 0.5) is 4.39 Å². The molecule has 0 atom stereocenters. The lowest BCUT2D eigenvalue weighted by Crippen LogP contribution is -2.26. The first kappa shape index (κ1) is 12.4. The molecule has 0 saturated carbocycles. The van der Waals surface area contributed by atoms with Crippen molar-refractivity contribution in [2.75, 3.05) is 0 Å². The van der Waals surface area contributed by atoms with E-state index in [-0.39, 0.29) is 6.61 Å². The molecule has 0 radical (unpaired) electrons. The van der Waals surface area contributed by atoms with Crippen LogP contribution in [0.1, 0.15) is 19.4 Å². The maximum absolute atomic E-state index is 13.0. The fourth-order valence-electron chi connectivity index (χ4n) is 1.01. The van der Waals surface area contributed by atoms with Gasteiger partial charge >= 0.3 is 5.97 Å². The molecule has 0 saturated heterocycles. The quantitative estimate of drug-likeness (QED) is 0.731. The van der Waals surface area contributed by atoms with Gasteiger partial charge < -0.3 is 4.74 Å². The molecule has 2 nitrogen and oxygen atoms in total. The van der Waals surface area contributed by atoms with Crippen molar-refractivity contribution >= 4 is 5.97 Å². The van der Waals surface area contributed by atoms with Gasteiger partial charge in [0.1, 0.15) is 17.8 Å². The average Bonchev–Trinajstić information content (AvgIpc) is 2.27. The van der Waals surface area contributed by atoms with Crippen molar-refractivity contribution < 1.29 is 13.9 Å². The van der Waals surface area contributed by atoms with E-state index in [1.165, 1.54) is 13.8 Å². The number of halogens is 1. The summed E-state index contributed by atoms with van der Waals surface area (Å²) in [5, 5.41) is 0.